The zero-order chi connectivity index (χ0) is 28.1. The first-order chi connectivity index (χ1) is 17.7. The summed E-state index contributed by atoms with van der Waals surface area (Å²) in [6.45, 7) is 11.8. The van der Waals surface area contributed by atoms with Gasteiger partial charge in [0.05, 0.1) is 17.3 Å². The smallest absolute Gasteiger partial charge is 0.350 e. The lowest BCUT2D eigenvalue weighted by molar-refractivity contribution is -0.171. The zero-order valence-corrected chi connectivity index (χ0v) is 24.8. The van der Waals surface area contributed by atoms with E-state index in [1.807, 2.05) is 39.8 Å². The van der Waals surface area contributed by atoms with Gasteiger partial charge >= 0.3 is 5.97 Å². The van der Waals surface area contributed by atoms with E-state index in [9.17, 15) is 9.59 Å². The number of esters is 1. The second-order valence-electron chi connectivity index (χ2n) is 11.6. The van der Waals surface area contributed by atoms with E-state index in [4.69, 9.17) is 32.7 Å². The fourth-order valence-corrected chi connectivity index (χ4v) is 5.06. The summed E-state index contributed by atoms with van der Waals surface area (Å²) in [6, 6.07) is 11.3. The Morgan fingerprint density at radius 2 is 1.68 bits per heavy atom. The summed E-state index contributed by atoms with van der Waals surface area (Å²) >= 11 is 12.3. The van der Waals surface area contributed by atoms with E-state index in [0.29, 0.717) is 34.1 Å². The van der Waals surface area contributed by atoms with Crippen molar-refractivity contribution in [3.63, 3.8) is 0 Å². The minimum atomic E-state index is -1.13. The maximum atomic E-state index is 13.0. The molecule has 1 aliphatic carbocycles. The molecule has 0 aromatic heterocycles. The summed E-state index contributed by atoms with van der Waals surface area (Å²) < 4.78 is 11.6. The molecule has 2 aromatic rings. The molecule has 1 saturated carbocycles. The van der Waals surface area contributed by atoms with Gasteiger partial charge in [-0.3, -0.25) is 9.69 Å². The van der Waals surface area contributed by atoms with Crippen LogP contribution in [0.5, 0.6) is 5.75 Å². The van der Waals surface area contributed by atoms with Crippen molar-refractivity contribution in [1.29, 1.82) is 0 Å². The van der Waals surface area contributed by atoms with Crippen LogP contribution in [0.4, 0.5) is 5.69 Å². The highest BCUT2D eigenvalue weighted by molar-refractivity contribution is 6.36. The normalized spacial score (nSPS) is 14.9. The number of ether oxygens (including phenoxy) is 2. The number of anilines is 1. The van der Waals surface area contributed by atoms with Crippen LogP contribution < -0.4 is 10.1 Å². The molecule has 6 nitrogen and oxygen atoms in total. The SMILES string of the molecule is Cc1cc(CN(CC(=O)Nc2ccc(Cl)cc2Cl)C2CCCCC2)ccc1OC(C)(C)C(=O)OC(C)(C)C. The third-order valence-corrected chi connectivity index (χ3v) is 7.07. The molecule has 0 unspecified atom stereocenters. The summed E-state index contributed by atoms with van der Waals surface area (Å²) in [5.41, 5.74) is 0.821. The monoisotopic (exact) mass is 562 g/mol. The molecule has 0 radical (unpaired) electrons. The van der Waals surface area contributed by atoms with Gasteiger partial charge in [0, 0.05) is 17.6 Å². The first-order valence-corrected chi connectivity index (χ1v) is 14.0. The van der Waals surface area contributed by atoms with Crippen LogP contribution in [0.3, 0.4) is 0 Å². The minimum absolute atomic E-state index is 0.115. The zero-order valence-electron chi connectivity index (χ0n) is 23.3. The summed E-state index contributed by atoms with van der Waals surface area (Å²) in [7, 11) is 0. The largest absolute Gasteiger partial charge is 0.476 e. The third-order valence-electron chi connectivity index (χ3n) is 6.52. The van der Waals surface area contributed by atoms with Crippen LogP contribution in [0.15, 0.2) is 36.4 Å². The average molecular weight is 564 g/mol. The molecule has 1 N–H and O–H groups in total. The molecule has 1 fully saturated rings. The van der Waals surface area contributed by atoms with E-state index in [1.165, 1.54) is 6.42 Å². The van der Waals surface area contributed by atoms with Gasteiger partial charge in [0.15, 0.2) is 5.60 Å². The van der Waals surface area contributed by atoms with E-state index < -0.39 is 17.2 Å². The van der Waals surface area contributed by atoms with Crippen LogP contribution in [-0.2, 0) is 20.9 Å². The van der Waals surface area contributed by atoms with Gasteiger partial charge in [-0.15, -0.1) is 0 Å². The van der Waals surface area contributed by atoms with Crippen LogP contribution >= 0.6 is 23.2 Å². The standard InChI is InChI=1S/C30H40Cl2N2O4/c1-20-16-21(12-15-26(20)37-30(5,6)28(36)38-29(2,3)4)18-34(23-10-8-7-9-11-23)19-27(35)33-25-14-13-22(31)17-24(25)32/h12-17,23H,7-11,18-19H2,1-6H3,(H,33,35). The number of hydrogen-bond donors (Lipinski definition) is 1. The number of benzene rings is 2. The lowest BCUT2D eigenvalue weighted by Gasteiger charge is -2.34. The Hall–Kier alpha value is -2.28. The van der Waals surface area contributed by atoms with Gasteiger partial charge < -0.3 is 14.8 Å². The van der Waals surface area contributed by atoms with Gasteiger partial charge in [-0.2, -0.15) is 0 Å². The van der Waals surface area contributed by atoms with Crippen LogP contribution in [0, 0.1) is 6.92 Å². The molecule has 1 amide bonds. The van der Waals surface area contributed by atoms with Crippen LogP contribution in [0.1, 0.15) is 77.8 Å². The number of carbonyl (C=O) groups excluding carboxylic acids is 2. The van der Waals surface area contributed by atoms with Gasteiger partial charge in [-0.05, 0) is 89.8 Å². The number of hydrogen-bond acceptors (Lipinski definition) is 5. The van der Waals surface area contributed by atoms with Gasteiger partial charge in [-0.1, -0.05) is 54.6 Å². The van der Waals surface area contributed by atoms with Crippen LogP contribution in [-0.4, -0.2) is 40.6 Å². The molecule has 2 aromatic carbocycles. The molecule has 1 aliphatic rings. The van der Waals surface area contributed by atoms with Gasteiger partial charge in [0.1, 0.15) is 11.4 Å². The van der Waals surface area contributed by atoms with Crippen molar-refractivity contribution in [1.82, 2.24) is 4.90 Å². The van der Waals surface area contributed by atoms with Gasteiger partial charge in [0.2, 0.25) is 5.91 Å². The summed E-state index contributed by atoms with van der Waals surface area (Å²) in [4.78, 5) is 27.9. The molecule has 3 rings (SSSR count). The maximum Gasteiger partial charge on any atom is 0.350 e. The van der Waals surface area contributed by atoms with Gasteiger partial charge in [0.25, 0.3) is 0 Å². The summed E-state index contributed by atoms with van der Waals surface area (Å²) in [5.74, 6) is 0.100. The summed E-state index contributed by atoms with van der Waals surface area (Å²) in [6.07, 6.45) is 5.70. The summed E-state index contributed by atoms with van der Waals surface area (Å²) in [5, 5.41) is 3.87. The highest BCUT2D eigenvalue weighted by Crippen LogP contribution is 2.29. The van der Waals surface area contributed by atoms with Crippen molar-refractivity contribution in [2.45, 2.75) is 97.4 Å². The van der Waals surface area contributed by atoms with Crippen molar-refractivity contribution < 1.29 is 19.1 Å². The molecule has 0 saturated heterocycles. The Kier molecular flexibility index (Phi) is 10.1. The first kappa shape index (κ1) is 30.3. The number of nitrogens with one attached hydrogen (secondary N) is 1. The number of amides is 1. The van der Waals surface area contributed by atoms with E-state index >= 15 is 0 Å². The lowest BCUT2D eigenvalue weighted by atomic mass is 9.93. The fourth-order valence-electron chi connectivity index (χ4n) is 4.60. The highest BCUT2D eigenvalue weighted by Gasteiger charge is 2.35. The Morgan fingerprint density at radius 3 is 2.29 bits per heavy atom. The van der Waals surface area contributed by atoms with Crippen molar-refractivity contribution in [2.24, 2.45) is 0 Å². The molecule has 0 spiro atoms. The van der Waals surface area contributed by atoms with Crippen molar-refractivity contribution in [3.05, 3.63) is 57.6 Å². The fraction of sp³-hybridized carbons (Fsp3) is 0.533. The third kappa shape index (κ3) is 8.89. The molecular weight excluding hydrogens is 523 g/mol. The predicted molar refractivity (Wildman–Crippen MR) is 154 cm³/mol. The second kappa shape index (κ2) is 12.7. The van der Waals surface area contributed by atoms with E-state index in [1.54, 1.807) is 32.0 Å². The molecule has 0 heterocycles. The second-order valence-corrected chi connectivity index (χ2v) is 12.4. The van der Waals surface area contributed by atoms with Crippen molar-refractivity contribution in [2.75, 3.05) is 11.9 Å². The lowest BCUT2D eigenvalue weighted by Crippen LogP contribution is -2.43. The first-order valence-electron chi connectivity index (χ1n) is 13.2. The molecule has 0 aliphatic heterocycles. The molecule has 8 heteroatoms. The average Bonchev–Trinajstić information content (AvgIpc) is 2.81. The van der Waals surface area contributed by atoms with Crippen molar-refractivity contribution >= 4 is 40.8 Å². The number of halogens is 2. The molecule has 0 atom stereocenters. The number of carbonyl (C=O) groups is 2. The Labute approximate surface area is 237 Å². The Bertz CT molecular complexity index is 1140. The molecule has 38 heavy (non-hydrogen) atoms. The predicted octanol–water partition coefficient (Wildman–Crippen LogP) is 7.57. The maximum absolute atomic E-state index is 13.0. The number of aryl methyl sites for hydroxylation is 1. The minimum Gasteiger partial charge on any atom is -0.476 e. The Morgan fingerprint density at radius 1 is 1.00 bits per heavy atom. The quantitative estimate of drug-likeness (QED) is 0.319. The molecule has 0 bridgehead atoms. The molecular formula is C30H40Cl2N2O4. The number of rotatable bonds is 9. The van der Waals surface area contributed by atoms with Crippen LogP contribution in [0.2, 0.25) is 10.0 Å². The Balaban J connectivity index is 1.72. The van der Waals surface area contributed by atoms with E-state index in [2.05, 4.69) is 16.3 Å². The van der Waals surface area contributed by atoms with Crippen LogP contribution in [0.25, 0.3) is 0 Å². The van der Waals surface area contributed by atoms with E-state index in [-0.39, 0.29) is 12.5 Å². The molecule has 208 valence electrons. The van der Waals surface area contributed by atoms with Crippen molar-refractivity contribution in [3.8, 4) is 5.75 Å². The van der Waals surface area contributed by atoms with Gasteiger partial charge in [-0.25, -0.2) is 4.79 Å². The topological polar surface area (TPSA) is 67.9 Å². The van der Waals surface area contributed by atoms with E-state index in [0.717, 1.165) is 36.8 Å². The highest BCUT2D eigenvalue weighted by atomic mass is 35.5. The number of nitrogens with zero attached hydrogens (tertiary/aromatic N) is 1.